The van der Waals surface area contributed by atoms with Gasteiger partial charge in [-0.3, -0.25) is 0 Å². The van der Waals surface area contributed by atoms with E-state index in [9.17, 15) is 10.2 Å². The zero-order chi connectivity index (χ0) is 12.5. The first-order chi connectivity index (χ1) is 8.03. The topological polar surface area (TPSA) is 43.7 Å². The Balaban J connectivity index is 2.33. The van der Waals surface area contributed by atoms with Gasteiger partial charge >= 0.3 is 0 Å². The predicted octanol–water partition coefficient (Wildman–Crippen LogP) is 1.65. The van der Waals surface area contributed by atoms with E-state index in [0.717, 1.165) is 37.1 Å². The van der Waals surface area contributed by atoms with Gasteiger partial charge in [0, 0.05) is 13.1 Å². The summed E-state index contributed by atoms with van der Waals surface area (Å²) in [6.45, 7) is 3.53. The Hall–Kier alpha value is -0.900. The van der Waals surface area contributed by atoms with Gasteiger partial charge in [0.2, 0.25) is 0 Å². The van der Waals surface area contributed by atoms with E-state index in [1.165, 1.54) is 0 Å². The van der Waals surface area contributed by atoms with Crippen molar-refractivity contribution < 1.29 is 10.2 Å². The summed E-state index contributed by atoms with van der Waals surface area (Å²) in [7, 11) is 2.07. The van der Waals surface area contributed by atoms with Gasteiger partial charge in [-0.15, -0.1) is 0 Å². The molecule has 1 heterocycles. The van der Waals surface area contributed by atoms with Gasteiger partial charge < -0.3 is 15.1 Å². The first-order valence-corrected chi connectivity index (χ1v) is 6.21. The normalized spacial score (nSPS) is 22.4. The third-order valence-electron chi connectivity index (χ3n) is 3.73. The van der Waals surface area contributed by atoms with Crippen LogP contribution < -0.4 is 0 Å². The van der Waals surface area contributed by atoms with Gasteiger partial charge in [0.05, 0.1) is 11.7 Å². The molecule has 1 saturated heterocycles. The monoisotopic (exact) mass is 235 g/mol. The highest BCUT2D eigenvalue weighted by molar-refractivity contribution is 5.34. The molecule has 0 radical (unpaired) electrons. The largest absolute Gasteiger partial charge is 0.389 e. The molecule has 1 aliphatic heterocycles. The van der Waals surface area contributed by atoms with E-state index in [0.29, 0.717) is 0 Å². The van der Waals surface area contributed by atoms with Gasteiger partial charge in [0.25, 0.3) is 0 Å². The van der Waals surface area contributed by atoms with Crippen LogP contribution in [0.1, 0.15) is 37.0 Å². The Bertz CT molecular complexity index is 382. The highest BCUT2D eigenvalue weighted by Gasteiger charge is 2.35. The molecule has 17 heavy (non-hydrogen) atoms. The number of hydrogen-bond donors (Lipinski definition) is 2. The van der Waals surface area contributed by atoms with Gasteiger partial charge in [-0.2, -0.15) is 0 Å². The summed E-state index contributed by atoms with van der Waals surface area (Å²) >= 11 is 0. The van der Waals surface area contributed by atoms with E-state index in [4.69, 9.17) is 0 Å². The Morgan fingerprint density at radius 3 is 2.41 bits per heavy atom. The minimum atomic E-state index is -0.778. The molecule has 1 unspecified atom stereocenters. The summed E-state index contributed by atoms with van der Waals surface area (Å²) in [5.74, 6) is 0. The van der Waals surface area contributed by atoms with Crippen LogP contribution in [-0.2, 0) is 5.60 Å². The molecule has 2 rings (SSSR count). The number of aliphatic hydroxyl groups is 2. The number of aliphatic hydroxyl groups excluding tert-OH is 1. The lowest BCUT2D eigenvalue weighted by Crippen LogP contribution is -2.41. The van der Waals surface area contributed by atoms with Crippen molar-refractivity contribution >= 4 is 0 Å². The number of piperidine rings is 1. The zero-order valence-corrected chi connectivity index (χ0v) is 10.6. The minimum absolute atomic E-state index is 0.533. The molecule has 1 aromatic carbocycles. The second-order valence-corrected chi connectivity index (χ2v) is 5.10. The number of likely N-dealkylation sites (tertiary alicyclic amines) is 1. The molecule has 1 aromatic rings. The van der Waals surface area contributed by atoms with Crippen molar-refractivity contribution in [3.05, 3.63) is 35.4 Å². The summed E-state index contributed by atoms with van der Waals surface area (Å²) in [6.07, 6.45) is 0.926. The Morgan fingerprint density at radius 2 is 1.82 bits per heavy atom. The van der Waals surface area contributed by atoms with Crippen molar-refractivity contribution in [2.75, 3.05) is 20.1 Å². The molecule has 2 N–H and O–H groups in total. The fourth-order valence-corrected chi connectivity index (χ4v) is 2.54. The second-order valence-electron chi connectivity index (χ2n) is 5.10. The van der Waals surface area contributed by atoms with Gasteiger partial charge in [0.15, 0.2) is 0 Å². The van der Waals surface area contributed by atoms with Gasteiger partial charge in [-0.25, -0.2) is 0 Å². The first-order valence-electron chi connectivity index (χ1n) is 6.21. The fraction of sp³-hybridized carbons (Fsp3) is 0.571. The lowest BCUT2D eigenvalue weighted by Gasteiger charge is -2.38. The molecule has 3 heteroatoms. The maximum atomic E-state index is 10.8. The Labute approximate surface area is 103 Å². The average Bonchev–Trinajstić information content (AvgIpc) is 2.33. The zero-order valence-electron chi connectivity index (χ0n) is 10.6. The lowest BCUT2D eigenvalue weighted by molar-refractivity contribution is -0.0224. The van der Waals surface area contributed by atoms with Crippen LogP contribution in [0.3, 0.4) is 0 Å². The molecule has 1 aliphatic rings. The highest BCUT2D eigenvalue weighted by atomic mass is 16.3. The highest BCUT2D eigenvalue weighted by Crippen LogP contribution is 2.36. The molecule has 0 aliphatic carbocycles. The van der Waals surface area contributed by atoms with Crippen LogP contribution in [0.25, 0.3) is 0 Å². The first kappa shape index (κ1) is 12.6. The third kappa shape index (κ3) is 2.51. The molecule has 3 nitrogen and oxygen atoms in total. The molecule has 1 atom stereocenters. The Kier molecular flexibility index (Phi) is 3.52. The van der Waals surface area contributed by atoms with Crippen LogP contribution in [0, 0.1) is 0 Å². The number of nitrogens with zero attached hydrogens (tertiary/aromatic N) is 1. The lowest BCUT2D eigenvalue weighted by atomic mass is 9.81. The molecule has 94 valence electrons. The van der Waals surface area contributed by atoms with Crippen molar-refractivity contribution in [1.82, 2.24) is 4.90 Å². The van der Waals surface area contributed by atoms with E-state index < -0.39 is 11.7 Å². The number of hydrogen-bond acceptors (Lipinski definition) is 3. The van der Waals surface area contributed by atoms with Crippen LogP contribution >= 0.6 is 0 Å². The number of benzene rings is 1. The smallest absolute Gasteiger partial charge is 0.0924 e. The maximum Gasteiger partial charge on any atom is 0.0924 e. The summed E-state index contributed by atoms with van der Waals surface area (Å²) in [5.41, 5.74) is 0.961. The molecule has 0 aromatic heterocycles. The van der Waals surface area contributed by atoms with Crippen LogP contribution in [0.15, 0.2) is 24.3 Å². The third-order valence-corrected chi connectivity index (χ3v) is 3.73. The maximum absolute atomic E-state index is 10.8. The van der Waals surface area contributed by atoms with Crippen LogP contribution in [0.5, 0.6) is 0 Å². The molecule has 0 bridgehead atoms. The molecular formula is C14H21NO2. The average molecular weight is 235 g/mol. The fourth-order valence-electron chi connectivity index (χ4n) is 2.54. The molecule has 0 spiro atoms. The summed E-state index contributed by atoms with van der Waals surface area (Å²) in [5, 5.41) is 20.5. The summed E-state index contributed by atoms with van der Waals surface area (Å²) in [6, 6.07) is 7.67. The standard InChI is InChI=1S/C14H21NO2/c1-11(16)12-5-3-4-6-13(12)14(17)7-9-15(2)10-8-14/h3-6,11,16-17H,7-10H2,1-2H3. The summed E-state index contributed by atoms with van der Waals surface area (Å²) < 4.78 is 0. The SMILES string of the molecule is CC(O)c1ccccc1C1(O)CCN(C)CC1. The van der Waals surface area contributed by atoms with Gasteiger partial charge in [-0.05, 0) is 37.9 Å². The van der Waals surface area contributed by atoms with Crippen molar-refractivity contribution in [2.24, 2.45) is 0 Å². The van der Waals surface area contributed by atoms with Crippen molar-refractivity contribution in [3.8, 4) is 0 Å². The Morgan fingerprint density at radius 1 is 1.24 bits per heavy atom. The van der Waals surface area contributed by atoms with E-state index >= 15 is 0 Å². The van der Waals surface area contributed by atoms with Crippen molar-refractivity contribution in [3.63, 3.8) is 0 Å². The van der Waals surface area contributed by atoms with Crippen LogP contribution in [-0.4, -0.2) is 35.3 Å². The minimum Gasteiger partial charge on any atom is -0.389 e. The van der Waals surface area contributed by atoms with Crippen molar-refractivity contribution in [1.29, 1.82) is 0 Å². The van der Waals surface area contributed by atoms with Gasteiger partial charge in [-0.1, -0.05) is 24.3 Å². The van der Waals surface area contributed by atoms with E-state index in [1.54, 1.807) is 6.92 Å². The number of rotatable bonds is 2. The van der Waals surface area contributed by atoms with E-state index in [2.05, 4.69) is 11.9 Å². The predicted molar refractivity (Wildman–Crippen MR) is 67.7 cm³/mol. The second kappa shape index (κ2) is 4.77. The molecular weight excluding hydrogens is 214 g/mol. The summed E-state index contributed by atoms with van der Waals surface area (Å²) in [4.78, 5) is 2.22. The molecule has 1 fully saturated rings. The van der Waals surface area contributed by atoms with E-state index in [1.807, 2.05) is 24.3 Å². The molecule has 0 saturated carbocycles. The van der Waals surface area contributed by atoms with E-state index in [-0.39, 0.29) is 0 Å². The molecule has 0 amide bonds. The van der Waals surface area contributed by atoms with Crippen LogP contribution in [0.2, 0.25) is 0 Å². The van der Waals surface area contributed by atoms with Crippen molar-refractivity contribution in [2.45, 2.75) is 31.5 Å². The quantitative estimate of drug-likeness (QED) is 0.819. The van der Waals surface area contributed by atoms with Gasteiger partial charge in [0.1, 0.15) is 0 Å². The van der Waals surface area contributed by atoms with Crippen LogP contribution in [0.4, 0.5) is 0 Å².